The topological polar surface area (TPSA) is 110 Å². The van der Waals surface area contributed by atoms with Crippen LogP contribution in [-0.4, -0.2) is 26.2 Å². The van der Waals surface area contributed by atoms with Gasteiger partial charge < -0.3 is 4.90 Å². The summed E-state index contributed by atoms with van der Waals surface area (Å²) in [5.41, 5.74) is 3.05. The van der Waals surface area contributed by atoms with E-state index >= 15 is 0 Å². The van der Waals surface area contributed by atoms with Gasteiger partial charge in [0.25, 0.3) is 15.7 Å². The van der Waals surface area contributed by atoms with Gasteiger partial charge in [0, 0.05) is 53.3 Å². The van der Waals surface area contributed by atoms with Crippen molar-refractivity contribution in [3.8, 4) is 0 Å². The minimum atomic E-state index is -4.03. The number of nitro benzene ring substituents is 1. The zero-order valence-electron chi connectivity index (χ0n) is 18.8. The van der Waals surface area contributed by atoms with Gasteiger partial charge in [0.15, 0.2) is 5.78 Å². The van der Waals surface area contributed by atoms with E-state index in [4.69, 9.17) is 0 Å². The number of hydrogen-bond acceptors (Lipinski definition) is 6. The number of nitrogens with zero attached hydrogens (tertiary/aromatic N) is 2. The fourth-order valence-electron chi connectivity index (χ4n) is 4.15. The normalized spacial score (nSPS) is 15.7. The molecule has 0 saturated heterocycles. The van der Waals surface area contributed by atoms with Crippen LogP contribution in [0, 0.1) is 10.1 Å². The lowest BCUT2D eigenvalue weighted by molar-refractivity contribution is -0.385. The molecule has 0 aromatic heterocycles. The lowest BCUT2D eigenvalue weighted by Gasteiger charge is -2.24. The van der Waals surface area contributed by atoms with Crippen molar-refractivity contribution < 1.29 is 18.1 Å². The summed E-state index contributed by atoms with van der Waals surface area (Å²) >= 11 is 0. The molecule has 174 valence electrons. The van der Waals surface area contributed by atoms with Crippen LogP contribution in [-0.2, 0) is 15.4 Å². The van der Waals surface area contributed by atoms with E-state index in [1.807, 2.05) is 30.1 Å². The third-order valence-electron chi connectivity index (χ3n) is 5.97. The molecule has 0 amide bonds. The van der Waals surface area contributed by atoms with Crippen LogP contribution < -0.4 is 9.62 Å². The van der Waals surface area contributed by atoms with E-state index in [0.29, 0.717) is 5.56 Å². The number of para-hydroxylation sites is 1. The molecule has 0 bridgehead atoms. The fraction of sp³-hybridized carbons (Fsp3) is 0.160. The number of nitrogens with one attached hydrogen (secondary N) is 1. The van der Waals surface area contributed by atoms with Crippen molar-refractivity contribution in [2.45, 2.75) is 24.2 Å². The number of carbonyl (C=O) groups is 1. The molecular weight excluding hydrogens is 454 g/mol. The van der Waals surface area contributed by atoms with Gasteiger partial charge in [-0.05, 0) is 42.0 Å². The zero-order chi connectivity index (χ0) is 24.7. The molecule has 9 heteroatoms. The zero-order valence-corrected chi connectivity index (χ0v) is 19.7. The number of hydrogen-bond donors (Lipinski definition) is 1. The number of ketones is 1. The summed E-state index contributed by atoms with van der Waals surface area (Å²) in [6.07, 6.45) is 1.61. The van der Waals surface area contributed by atoms with E-state index in [1.54, 1.807) is 18.2 Å². The van der Waals surface area contributed by atoms with Crippen molar-refractivity contribution in [3.05, 3.63) is 106 Å². The van der Waals surface area contributed by atoms with Gasteiger partial charge in [0.2, 0.25) is 0 Å². The molecule has 1 aliphatic heterocycles. The highest BCUT2D eigenvalue weighted by Crippen LogP contribution is 2.46. The van der Waals surface area contributed by atoms with Crippen LogP contribution in [0.1, 0.15) is 29.8 Å². The Morgan fingerprint density at radius 3 is 2.35 bits per heavy atom. The molecule has 4 rings (SSSR count). The number of carbonyl (C=O) groups excluding carboxylic acids is 1. The van der Waals surface area contributed by atoms with E-state index in [2.05, 4.69) is 24.6 Å². The number of fused-ring (bicyclic) bond motifs is 1. The number of allylic oxidation sites excluding steroid dienone is 2. The molecule has 8 nitrogen and oxygen atoms in total. The van der Waals surface area contributed by atoms with Crippen molar-refractivity contribution in [3.63, 3.8) is 0 Å². The predicted octanol–water partition coefficient (Wildman–Crippen LogP) is 4.89. The Bertz CT molecular complexity index is 1430. The summed E-state index contributed by atoms with van der Waals surface area (Å²) in [6.45, 7) is 4.14. The Labute approximate surface area is 197 Å². The minimum absolute atomic E-state index is 0.198. The lowest BCUT2D eigenvalue weighted by atomic mass is 9.83. The Morgan fingerprint density at radius 2 is 1.71 bits per heavy atom. The van der Waals surface area contributed by atoms with Crippen molar-refractivity contribution >= 4 is 32.9 Å². The lowest BCUT2D eigenvalue weighted by Crippen LogP contribution is -2.24. The smallest absolute Gasteiger partial charge is 0.270 e. The van der Waals surface area contributed by atoms with Crippen LogP contribution in [0.25, 0.3) is 0 Å². The van der Waals surface area contributed by atoms with E-state index in [9.17, 15) is 23.3 Å². The van der Waals surface area contributed by atoms with Gasteiger partial charge in [-0.3, -0.25) is 19.6 Å². The summed E-state index contributed by atoms with van der Waals surface area (Å²) in [5.74, 6) is -0.198. The monoisotopic (exact) mass is 477 g/mol. The average molecular weight is 478 g/mol. The van der Waals surface area contributed by atoms with Gasteiger partial charge in [-0.25, -0.2) is 8.42 Å². The number of nitro groups is 1. The number of benzene rings is 3. The Kier molecular flexibility index (Phi) is 5.74. The molecule has 3 aromatic rings. The fourth-order valence-corrected chi connectivity index (χ4v) is 5.25. The average Bonchev–Trinajstić information content (AvgIpc) is 3.00. The molecule has 0 saturated carbocycles. The molecule has 34 heavy (non-hydrogen) atoms. The number of rotatable bonds is 6. The number of anilines is 2. The van der Waals surface area contributed by atoms with Crippen molar-refractivity contribution in [1.82, 2.24) is 0 Å². The van der Waals surface area contributed by atoms with Crippen LogP contribution in [0.2, 0.25) is 0 Å². The second-order valence-corrected chi connectivity index (χ2v) is 10.2. The first-order valence-electron chi connectivity index (χ1n) is 10.5. The van der Waals surface area contributed by atoms with Gasteiger partial charge in [0.05, 0.1) is 9.82 Å². The van der Waals surface area contributed by atoms with Crippen molar-refractivity contribution in [2.75, 3.05) is 16.7 Å². The molecule has 1 N–H and O–H groups in total. The first kappa shape index (κ1) is 23.2. The van der Waals surface area contributed by atoms with Gasteiger partial charge >= 0.3 is 0 Å². The molecule has 0 radical (unpaired) electrons. The van der Waals surface area contributed by atoms with Crippen LogP contribution in [0.3, 0.4) is 0 Å². The van der Waals surface area contributed by atoms with Crippen LogP contribution in [0.5, 0.6) is 0 Å². The molecule has 3 aromatic carbocycles. The molecular formula is C25H23N3O5S. The van der Waals surface area contributed by atoms with E-state index < -0.39 is 14.9 Å². The third-order valence-corrected chi connectivity index (χ3v) is 7.35. The standard InChI is InChI=1S/C25H23N3O5S/c1-25(2)21-9-4-5-10-22(21)27(3)24(25)16-23(29)17-11-13-18(14-12-17)26-34(32,33)20-8-6-7-19(15-20)28(30)31/h4-16,26H,1-3H3. The Morgan fingerprint density at radius 1 is 1.03 bits per heavy atom. The quantitative estimate of drug-likeness (QED) is 0.234. The number of sulfonamides is 1. The summed E-state index contributed by atoms with van der Waals surface area (Å²) in [6, 6.07) is 18.9. The van der Waals surface area contributed by atoms with Crippen molar-refractivity contribution in [2.24, 2.45) is 0 Å². The first-order chi connectivity index (χ1) is 16.0. The van der Waals surface area contributed by atoms with Gasteiger partial charge in [-0.2, -0.15) is 0 Å². The molecule has 0 fully saturated rings. The van der Waals surface area contributed by atoms with Crippen LogP contribution in [0.4, 0.5) is 17.1 Å². The van der Waals surface area contributed by atoms with E-state index in [0.717, 1.165) is 23.0 Å². The minimum Gasteiger partial charge on any atom is -0.347 e. The highest BCUT2D eigenvalue weighted by atomic mass is 32.2. The Hall–Kier alpha value is -3.98. The molecule has 0 atom stereocenters. The van der Waals surface area contributed by atoms with E-state index in [1.165, 1.54) is 30.3 Å². The summed E-state index contributed by atoms with van der Waals surface area (Å²) < 4.78 is 27.6. The van der Waals surface area contributed by atoms with Crippen molar-refractivity contribution in [1.29, 1.82) is 0 Å². The van der Waals surface area contributed by atoms with Gasteiger partial charge in [-0.15, -0.1) is 0 Å². The summed E-state index contributed by atoms with van der Waals surface area (Å²) in [4.78, 5) is 25.1. The highest BCUT2D eigenvalue weighted by molar-refractivity contribution is 7.92. The maximum Gasteiger partial charge on any atom is 0.270 e. The third kappa shape index (κ3) is 4.17. The van der Waals surface area contributed by atoms with Crippen LogP contribution >= 0.6 is 0 Å². The molecule has 0 unspecified atom stereocenters. The number of non-ortho nitro benzene ring substituents is 1. The van der Waals surface area contributed by atoms with Gasteiger partial charge in [0.1, 0.15) is 0 Å². The summed E-state index contributed by atoms with van der Waals surface area (Å²) in [7, 11) is -2.10. The van der Waals surface area contributed by atoms with Crippen LogP contribution in [0.15, 0.2) is 89.5 Å². The maximum atomic E-state index is 13.0. The molecule has 1 aliphatic rings. The second kappa shape index (κ2) is 8.42. The Balaban J connectivity index is 1.55. The number of likely N-dealkylation sites (N-methyl/N-ethyl adjacent to an activating group) is 1. The maximum absolute atomic E-state index is 13.0. The van der Waals surface area contributed by atoms with Gasteiger partial charge in [-0.1, -0.05) is 38.1 Å². The first-order valence-corrected chi connectivity index (χ1v) is 12.0. The molecule has 1 heterocycles. The SMILES string of the molecule is CN1C(=CC(=O)c2ccc(NS(=O)(=O)c3cccc([N+](=O)[O-])c3)cc2)C(C)(C)c2ccccc21. The van der Waals surface area contributed by atoms with E-state index in [-0.39, 0.29) is 27.5 Å². The largest absolute Gasteiger partial charge is 0.347 e. The highest BCUT2D eigenvalue weighted by Gasteiger charge is 2.38. The summed E-state index contributed by atoms with van der Waals surface area (Å²) in [5, 5.41) is 10.9. The second-order valence-electron chi connectivity index (χ2n) is 8.53. The molecule has 0 aliphatic carbocycles. The molecule has 0 spiro atoms. The predicted molar refractivity (Wildman–Crippen MR) is 131 cm³/mol.